The molecule has 0 aliphatic carbocycles. The van der Waals surface area contributed by atoms with Gasteiger partial charge < -0.3 is 6.42 Å². The Morgan fingerprint density at radius 1 is 0.739 bits per heavy atom. The summed E-state index contributed by atoms with van der Waals surface area (Å²) in [5.74, 6) is 2.28. The molecule has 0 bridgehead atoms. The monoisotopic (exact) mass is 438 g/mol. The van der Waals surface area contributed by atoms with Gasteiger partial charge in [0.05, 0.1) is 0 Å². The minimum absolute atomic E-state index is 0. The Hall–Kier alpha value is -0.478. The van der Waals surface area contributed by atoms with Gasteiger partial charge in [-0.2, -0.15) is 36.4 Å². The van der Waals surface area contributed by atoms with Gasteiger partial charge in [-0.25, -0.2) is 0 Å². The molecular formula is C20H30P2Pd+2. The summed E-state index contributed by atoms with van der Waals surface area (Å²) in [6.45, 7) is 13.6. The summed E-state index contributed by atoms with van der Waals surface area (Å²) in [5, 5.41) is 0. The van der Waals surface area contributed by atoms with Crippen LogP contribution < -0.4 is 0 Å². The zero-order chi connectivity index (χ0) is 17.2. The van der Waals surface area contributed by atoms with E-state index >= 15 is 0 Å². The average molecular weight is 439 g/mol. The maximum atomic E-state index is 6.69. The molecular weight excluding hydrogens is 409 g/mol. The molecule has 0 unspecified atom stereocenters. The molecule has 0 N–H and O–H groups in total. The van der Waals surface area contributed by atoms with Crippen molar-refractivity contribution < 1.29 is 20.4 Å². The van der Waals surface area contributed by atoms with Crippen LogP contribution in [-0.2, 0) is 20.4 Å². The van der Waals surface area contributed by atoms with Crippen molar-refractivity contribution in [3.63, 3.8) is 0 Å². The van der Waals surface area contributed by atoms with E-state index in [0.29, 0.717) is 0 Å². The molecule has 0 nitrogen and oxygen atoms in total. The van der Waals surface area contributed by atoms with Gasteiger partial charge in [0.1, 0.15) is 0 Å². The van der Waals surface area contributed by atoms with Gasteiger partial charge in [0, 0.05) is 40.0 Å². The fraction of sp³-hybridized carbons (Fsp3) is 0.300. The fourth-order valence-electron chi connectivity index (χ4n) is 0.863. The summed E-state index contributed by atoms with van der Waals surface area (Å²) in [5.41, 5.74) is 0.826. The van der Waals surface area contributed by atoms with Gasteiger partial charge in [-0.15, -0.1) is 17.7 Å². The molecule has 0 aliphatic rings. The smallest absolute Gasteiger partial charge is 0.366 e. The summed E-state index contributed by atoms with van der Waals surface area (Å²) < 4.78 is 0. The summed E-state index contributed by atoms with van der Waals surface area (Å²) in [6.07, 6.45) is 6.69. The first-order chi connectivity index (χ1) is 10.4. The zero-order valence-corrected chi connectivity index (χ0v) is 18.6. The Labute approximate surface area is 160 Å². The third-order valence-corrected chi connectivity index (χ3v) is 1.53. The van der Waals surface area contributed by atoms with E-state index in [1.165, 1.54) is 0 Å². The summed E-state index contributed by atoms with van der Waals surface area (Å²) >= 11 is 0. The van der Waals surface area contributed by atoms with E-state index in [-0.39, 0.29) is 36.3 Å². The van der Waals surface area contributed by atoms with E-state index < -0.39 is 0 Å². The van der Waals surface area contributed by atoms with Crippen LogP contribution in [0.5, 0.6) is 0 Å². The van der Waals surface area contributed by atoms with Gasteiger partial charge in [0.2, 0.25) is 0 Å². The van der Waals surface area contributed by atoms with E-state index in [2.05, 4.69) is 52.0 Å². The van der Waals surface area contributed by atoms with Crippen molar-refractivity contribution in [3.8, 4) is 5.92 Å². The molecule has 2 aromatic rings. The Kier molecular flexibility index (Phi) is 25.6. The Balaban J connectivity index is -0.000000240. The quantitative estimate of drug-likeness (QED) is 0.227. The van der Waals surface area contributed by atoms with E-state index in [0.717, 1.165) is 5.56 Å². The van der Waals surface area contributed by atoms with E-state index in [4.69, 9.17) is 6.42 Å². The first-order valence-electron chi connectivity index (χ1n) is 7.32. The third kappa shape index (κ3) is 34.0. The minimum Gasteiger partial charge on any atom is -0.366 e. The van der Waals surface area contributed by atoms with Crippen LogP contribution >= 0.6 is 15.8 Å². The second kappa shape index (κ2) is 21.5. The van der Waals surface area contributed by atoms with Crippen LogP contribution in [0.2, 0.25) is 0 Å². The van der Waals surface area contributed by atoms with Gasteiger partial charge in [-0.3, -0.25) is 5.92 Å². The number of hydrogen-bond donors (Lipinski definition) is 0. The predicted octanol–water partition coefficient (Wildman–Crippen LogP) is 5.29. The molecule has 0 saturated heterocycles. The van der Waals surface area contributed by atoms with Gasteiger partial charge >= 0.3 is 20.4 Å². The number of benzene rings is 2. The van der Waals surface area contributed by atoms with Crippen molar-refractivity contribution in [2.45, 2.75) is 0 Å². The Morgan fingerprint density at radius 2 is 1.09 bits per heavy atom. The third-order valence-electron chi connectivity index (χ3n) is 1.53. The first-order valence-corrected chi connectivity index (χ1v) is 13.3. The second-order valence-corrected chi connectivity index (χ2v) is 11.6. The van der Waals surface area contributed by atoms with Crippen LogP contribution in [0.3, 0.4) is 0 Å². The molecule has 2 aromatic carbocycles. The van der Waals surface area contributed by atoms with E-state index in [9.17, 15) is 0 Å². The van der Waals surface area contributed by atoms with Crippen molar-refractivity contribution in [2.24, 2.45) is 0 Å². The molecule has 0 saturated carbocycles. The van der Waals surface area contributed by atoms with Crippen LogP contribution in [0, 0.1) is 18.4 Å². The minimum atomic E-state index is 0. The number of rotatable bonds is 0. The SMILES string of the molecule is C[PH+](C)C.C[PH+](C)C.[C-]#Cc1ccccc1.[Pd+2].[c-]1ccccc1. The van der Waals surface area contributed by atoms with Crippen molar-refractivity contribution >= 4 is 15.8 Å². The fourth-order valence-corrected chi connectivity index (χ4v) is 0.863. The zero-order valence-electron chi connectivity index (χ0n) is 15.1. The van der Waals surface area contributed by atoms with Crippen molar-refractivity contribution in [1.82, 2.24) is 0 Å². The van der Waals surface area contributed by atoms with Gasteiger partial charge in [-0.1, -0.05) is 18.2 Å². The molecule has 0 radical (unpaired) electrons. The standard InChI is InChI=1S/C8H5.C6H5.2C3H9P.Pd/c1-2-8-6-4-3-5-7-8;1-2-4-6-5-3-1;2*1-4(2)3;/h3-7H;1-5H;2*1-3H3;/q2*-1;;;+2/p+2. The molecule has 3 heteroatoms. The number of hydrogen-bond acceptors (Lipinski definition) is 0. The van der Waals surface area contributed by atoms with Crippen molar-refractivity contribution in [2.75, 3.05) is 40.0 Å². The van der Waals surface area contributed by atoms with Crippen LogP contribution in [0.4, 0.5) is 0 Å². The van der Waals surface area contributed by atoms with Gasteiger partial charge in [-0.05, 0) is 15.8 Å². The molecule has 0 aliphatic heterocycles. The normalized spacial score (nSPS) is 7.96. The first kappa shape index (κ1) is 27.4. The molecule has 0 atom stereocenters. The second-order valence-electron chi connectivity index (χ2n) is 5.57. The molecule has 128 valence electrons. The average Bonchev–Trinajstić information content (AvgIpc) is 2.49. The summed E-state index contributed by atoms with van der Waals surface area (Å²) in [7, 11) is 0.241. The summed E-state index contributed by atoms with van der Waals surface area (Å²) in [4.78, 5) is 0. The molecule has 0 spiro atoms. The van der Waals surface area contributed by atoms with Crippen molar-refractivity contribution in [1.29, 1.82) is 0 Å². The Morgan fingerprint density at radius 3 is 1.26 bits per heavy atom. The molecule has 0 aromatic heterocycles. The molecule has 2 rings (SSSR count). The largest absolute Gasteiger partial charge is 2.00 e. The van der Waals surface area contributed by atoms with Gasteiger partial charge in [0.15, 0.2) is 0 Å². The topological polar surface area (TPSA) is 0 Å². The van der Waals surface area contributed by atoms with Crippen molar-refractivity contribution in [3.05, 3.63) is 78.7 Å². The Bertz CT molecular complexity index is 424. The van der Waals surface area contributed by atoms with E-state index in [1.807, 2.05) is 60.7 Å². The van der Waals surface area contributed by atoms with E-state index in [1.54, 1.807) is 0 Å². The van der Waals surface area contributed by atoms with Crippen LogP contribution in [0.25, 0.3) is 0 Å². The van der Waals surface area contributed by atoms with Gasteiger partial charge in [0.25, 0.3) is 0 Å². The summed E-state index contributed by atoms with van der Waals surface area (Å²) in [6, 6.07) is 21.9. The molecule has 23 heavy (non-hydrogen) atoms. The van der Waals surface area contributed by atoms with Crippen LogP contribution in [0.1, 0.15) is 5.56 Å². The molecule has 0 amide bonds. The molecule has 0 heterocycles. The van der Waals surface area contributed by atoms with Crippen LogP contribution in [-0.4, -0.2) is 40.0 Å². The maximum Gasteiger partial charge on any atom is 2.00 e. The predicted molar refractivity (Wildman–Crippen MR) is 110 cm³/mol. The molecule has 0 fully saturated rings. The van der Waals surface area contributed by atoms with Crippen LogP contribution in [0.15, 0.2) is 60.7 Å². The maximum absolute atomic E-state index is 6.69.